The molecule has 3 nitrogen and oxygen atoms in total. The normalized spacial score (nSPS) is 16.3. The van der Waals surface area contributed by atoms with Gasteiger partial charge in [0.05, 0.1) is 5.02 Å². The van der Waals surface area contributed by atoms with E-state index in [4.69, 9.17) is 16.3 Å². The first-order valence-corrected chi connectivity index (χ1v) is 8.61. The summed E-state index contributed by atoms with van der Waals surface area (Å²) in [6, 6.07) is 3.99. The summed E-state index contributed by atoms with van der Waals surface area (Å²) < 4.78 is 6.50. The molecule has 116 valence electrons. The Hall–Kier alpha value is -0.740. The molecular weight excluding hydrogens is 354 g/mol. The predicted molar refractivity (Wildman–Crippen MR) is 89.0 cm³/mol. The SMILES string of the molecule is Cc1cc(Br)cc(Cl)c1OCC(=O)NC1CCCCCC1. The first kappa shape index (κ1) is 16.6. The largest absolute Gasteiger partial charge is 0.482 e. The van der Waals surface area contributed by atoms with E-state index in [1.54, 1.807) is 6.07 Å². The fraction of sp³-hybridized carbons (Fsp3) is 0.562. The summed E-state index contributed by atoms with van der Waals surface area (Å²) in [6.07, 6.45) is 7.09. The van der Waals surface area contributed by atoms with Gasteiger partial charge in [-0.25, -0.2) is 0 Å². The van der Waals surface area contributed by atoms with Crippen LogP contribution in [0, 0.1) is 6.92 Å². The number of hydrogen-bond donors (Lipinski definition) is 1. The van der Waals surface area contributed by atoms with E-state index in [1.165, 1.54) is 25.7 Å². The summed E-state index contributed by atoms with van der Waals surface area (Å²) >= 11 is 9.53. The Labute approximate surface area is 139 Å². The molecule has 5 heteroatoms. The van der Waals surface area contributed by atoms with Crippen LogP contribution in [0.1, 0.15) is 44.1 Å². The second kappa shape index (κ2) is 8.04. The third-order valence-electron chi connectivity index (χ3n) is 3.76. The summed E-state index contributed by atoms with van der Waals surface area (Å²) in [5.74, 6) is 0.510. The number of ether oxygens (including phenoxy) is 1. The highest BCUT2D eigenvalue weighted by Gasteiger charge is 2.16. The van der Waals surface area contributed by atoms with Crippen molar-refractivity contribution < 1.29 is 9.53 Å². The fourth-order valence-electron chi connectivity index (χ4n) is 2.70. The second-order valence-corrected chi connectivity index (χ2v) is 6.90. The zero-order valence-electron chi connectivity index (χ0n) is 12.3. The second-order valence-electron chi connectivity index (χ2n) is 5.58. The summed E-state index contributed by atoms with van der Waals surface area (Å²) in [5.41, 5.74) is 0.914. The lowest BCUT2D eigenvalue weighted by Gasteiger charge is -2.17. The van der Waals surface area contributed by atoms with E-state index in [1.807, 2.05) is 13.0 Å². The van der Waals surface area contributed by atoms with Crippen LogP contribution in [0.3, 0.4) is 0 Å². The molecule has 0 radical (unpaired) electrons. The van der Waals surface area contributed by atoms with Crippen LogP contribution in [0.4, 0.5) is 0 Å². The average Bonchev–Trinajstić information content (AvgIpc) is 2.66. The highest BCUT2D eigenvalue weighted by Crippen LogP contribution is 2.31. The molecule has 0 saturated heterocycles. The Morgan fingerprint density at radius 3 is 2.62 bits per heavy atom. The van der Waals surface area contributed by atoms with Gasteiger partial charge in [-0.2, -0.15) is 0 Å². The van der Waals surface area contributed by atoms with Crippen molar-refractivity contribution in [2.75, 3.05) is 6.61 Å². The molecule has 1 aromatic carbocycles. The van der Waals surface area contributed by atoms with Crippen LogP contribution < -0.4 is 10.1 Å². The molecule has 1 aliphatic carbocycles. The molecule has 0 atom stereocenters. The van der Waals surface area contributed by atoms with Gasteiger partial charge < -0.3 is 10.1 Å². The quantitative estimate of drug-likeness (QED) is 0.780. The Morgan fingerprint density at radius 2 is 2.00 bits per heavy atom. The molecule has 0 heterocycles. The first-order valence-electron chi connectivity index (χ1n) is 7.44. The van der Waals surface area contributed by atoms with Gasteiger partial charge in [0, 0.05) is 10.5 Å². The maximum Gasteiger partial charge on any atom is 0.258 e. The zero-order valence-corrected chi connectivity index (χ0v) is 14.6. The van der Waals surface area contributed by atoms with E-state index in [-0.39, 0.29) is 12.5 Å². The topological polar surface area (TPSA) is 38.3 Å². The molecule has 1 aromatic rings. The number of hydrogen-bond acceptors (Lipinski definition) is 2. The molecule has 0 aromatic heterocycles. The van der Waals surface area contributed by atoms with Gasteiger partial charge in [0.15, 0.2) is 6.61 Å². The molecule has 21 heavy (non-hydrogen) atoms. The Morgan fingerprint density at radius 1 is 1.33 bits per heavy atom. The standard InChI is InChI=1S/C16H21BrClNO2/c1-11-8-12(17)9-14(18)16(11)21-10-15(20)19-13-6-4-2-3-5-7-13/h8-9,13H,2-7,10H2,1H3,(H,19,20). The minimum Gasteiger partial charge on any atom is -0.482 e. The van der Waals surface area contributed by atoms with Crippen molar-refractivity contribution in [1.82, 2.24) is 5.32 Å². The lowest BCUT2D eigenvalue weighted by Crippen LogP contribution is -2.37. The summed E-state index contributed by atoms with van der Waals surface area (Å²) in [7, 11) is 0. The molecule has 1 saturated carbocycles. The van der Waals surface area contributed by atoms with Crippen LogP contribution in [0.15, 0.2) is 16.6 Å². The smallest absolute Gasteiger partial charge is 0.258 e. The van der Waals surface area contributed by atoms with Crippen LogP contribution in [-0.2, 0) is 4.79 Å². The molecular formula is C16H21BrClNO2. The van der Waals surface area contributed by atoms with E-state index in [0.717, 1.165) is 22.9 Å². The maximum absolute atomic E-state index is 12.0. The maximum atomic E-state index is 12.0. The van der Waals surface area contributed by atoms with Gasteiger partial charge in [-0.1, -0.05) is 53.2 Å². The Bertz CT molecular complexity index is 476. The molecule has 1 N–H and O–H groups in total. The summed E-state index contributed by atoms with van der Waals surface area (Å²) in [6.45, 7) is 1.92. The predicted octanol–water partition coefficient (Wildman–Crippen LogP) is 4.63. The van der Waals surface area contributed by atoms with Gasteiger partial charge in [0.1, 0.15) is 5.75 Å². The highest BCUT2D eigenvalue weighted by molar-refractivity contribution is 9.10. The molecule has 0 unspecified atom stereocenters. The van der Waals surface area contributed by atoms with E-state index < -0.39 is 0 Å². The van der Waals surface area contributed by atoms with Gasteiger partial charge in [-0.3, -0.25) is 4.79 Å². The van der Waals surface area contributed by atoms with Crippen LogP contribution in [0.25, 0.3) is 0 Å². The molecule has 1 fully saturated rings. The van der Waals surface area contributed by atoms with Crippen molar-refractivity contribution in [3.05, 3.63) is 27.2 Å². The van der Waals surface area contributed by atoms with Crippen LogP contribution in [0.5, 0.6) is 5.75 Å². The molecule has 0 aliphatic heterocycles. The molecule has 1 aliphatic rings. The number of nitrogens with one attached hydrogen (secondary N) is 1. The number of benzene rings is 1. The third kappa shape index (κ3) is 5.19. The van der Waals surface area contributed by atoms with Gasteiger partial charge >= 0.3 is 0 Å². The van der Waals surface area contributed by atoms with E-state index in [0.29, 0.717) is 16.8 Å². The van der Waals surface area contributed by atoms with E-state index in [9.17, 15) is 4.79 Å². The minimum atomic E-state index is -0.0692. The number of aryl methyl sites for hydroxylation is 1. The number of rotatable bonds is 4. The van der Waals surface area contributed by atoms with Crippen molar-refractivity contribution in [1.29, 1.82) is 0 Å². The van der Waals surface area contributed by atoms with E-state index >= 15 is 0 Å². The molecule has 1 amide bonds. The highest BCUT2D eigenvalue weighted by atomic mass is 79.9. The minimum absolute atomic E-state index is 0.0126. The van der Waals surface area contributed by atoms with Gasteiger partial charge in [0.2, 0.25) is 0 Å². The number of amides is 1. The zero-order chi connectivity index (χ0) is 15.2. The third-order valence-corrected chi connectivity index (χ3v) is 4.50. The van der Waals surface area contributed by atoms with E-state index in [2.05, 4.69) is 21.2 Å². The molecule has 0 bridgehead atoms. The van der Waals surface area contributed by atoms with Crippen LogP contribution >= 0.6 is 27.5 Å². The van der Waals surface area contributed by atoms with Crippen molar-refractivity contribution in [3.8, 4) is 5.75 Å². The van der Waals surface area contributed by atoms with Gasteiger partial charge in [-0.15, -0.1) is 0 Å². The van der Waals surface area contributed by atoms with Crippen molar-refractivity contribution in [3.63, 3.8) is 0 Å². The Kier molecular flexibility index (Phi) is 6.37. The number of carbonyl (C=O) groups excluding carboxylic acids is 1. The number of halogens is 2. The lowest BCUT2D eigenvalue weighted by molar-refractivity contribution is -0.123. The molecule has 0 spiro atoms. The monoisotopic (exact) mass is 373 g/mol. The van der Waals surface area contributed by atoms with Crippen molar-refractivity contribution in [2.45, 2.75) is 51.5 Å². The van der Waals surface area contributed by atoms with Crippen LogP contribution in [-0.4, -0.2) is 18.6 Å². The fourth-order valence-corrected chi connectivity index (χ4v) is 3.73. The lowest BCUT2D eigenvalue weighted by atomic mass is 10.1. The molecule has 2 rings (SSSR count). The first-order chi connectivity index (χ1) is 10.1. The average molecular weight is 375 g/mol. The Balaban J connectivity index is 1.86. The summed E-state index contributed by atoms with van der Waals surface area (Å²) in [4.78, 5) is 12.0. The van der Waals surface area contributed by atoms with Crippen molar-refractivity contribution >= 4 is 33.4 Å². The van der Waals surface area contributed by atoms with Gasteiger partial charge in [-0.05, 0) is 37.5 Å². The van der Waals surface area contributed by atoms with Gasteiger partial charge in [0.25, 0.3) is 5.91 Å². The number of carbonyl (C=O) groups is 1. The van der Waals surface area contributed by atoms with Crippen molar-refractivity contribution in [2.24, 2.45) is 0 Å². The summed E-state index contributed by atoms with van der Waals surface area (Å²) in [5, 5.41) is 3.58. The van der Waals surface area contributed by atoms with Crippen LogP contribution in [0.2, 0.25) is 5.02 Å².